The fourth-order valence-electron chi connectivity index (χ4n) is 3.21. The molecule has 0 atom stereocenters. The van der Waals surface area contributed by atoms with Gasteiger partial charge in [0.2, 0.25) is 0 Å². The summed E-state index contributed by atoms with van der Waals surface area (Å²) in [6.07, 6.45) is 1.18. The number of carbonyl (C=O) groups is 2. The minimum atomic E-state index is -0.590. The van der Waals surface area contributed by atoms with E-state index in [1.165, 1.54) is 17.0 Å². The number of H-pyrrole nitrogens is 1. The van der Waals surface area contributed by atoms with Crippen molar-refractivity contribution in [2.45, 2.75) is 13.5 Å². The summed E-state index contributed by atoms with van der Waals surface area (Å²) >= 11 is 4.50. The van der Waals surface area contributed by atoms with Crippen LogP contribution in [-0.2, 0) is 20.9 Å². The van der Waals surface area contributed by atoms with Gasteiger partial charge in [-0.3, -0.25) is 19.9 Å². The molecule has 1 saturated heterocycles. The number of aromatic amines is 1. The van der Waals surface area contributed by atoms with Gasteiger partial charge in [0.15, 0.2) is 5.17 Å². The van der Waals surface area contributed by atoms with Crippen molar-refractivity contribution in [2.75, 3.05) is 12.0 Å². The fourth-order valence-corrected chi connectivity index (χ4v) is 4.47. The van der Waals surface area contributed by atoms with Gasteiger partial charge in [-0.1, -0.05) is 46.3 Å². The molecule has 3 aromatic rings. The Hall–Kier alpha value is -3.37. The first kappa shape index (κ1) is 22.8. The van der Waals surface area contributed by atoms with Crippen molar-refractivity contribution in [1.29, 1.82) is 0 Å². The van der Waals surface area contributed by atoms with Gasteiger partial charge in [0.05, 0.1) is 29.3 Å². The number of thioether (sulfide) groups is 1. The number of anilines is 1. The Morgan fingerprint density at radius 1 is 1.21 bits per heavy atom. The first-order valence-electron chi connectivity index (χ1n) is 10.0. The maximum absolute atomic E-state index is 13.0. The molecule has 33 heavy (non-hydrogen) atoms. The number of hydrogen-bond donors (Lipinski definition) is 2. The van der Waals surface area contributed by atoms with E-state index in [4.69, 9.17) is 4.74 Å². The highest BCUT2D eigenvalue weighted by Gasteiger charge is 2.34. The topological polar surface area (TPSA) is 104 Å². The third-order valence-electron chi connectivity index (χ3n) is 4.68. The number of nitrogens with zero attached hydrogens (tertiary/aromatic N) is 2. The highest BCUT2D eigenvalue weighted by atomic mass is 79.9. The van der Waals surface area contributed by atoms with E-state index in [0.29, 0.717) is 16.4 Å². The molecule has 10 heteroatoms. The number of esters is 1. The summed E-state index contributed by atoms with van der Waals surface area (Å²) in [4.78, 5) is 41.5. The number of amides is 1. The molecule has 2 aromatic carbocycles. The van der Waals surface area contributed by atoms with Crippen LogP contribution in [0, 0.1) is 0 Å². The summed E-state index contributed by atoms with van der Waals surface area (Å²) in [5.74, 6) is -0.941. The number of hydrogen-bond acceptors (Lipinski definition) is 7. The molecule has 8 nitrogen and oxygen atoms in total. The number of pyridine rings is 1. The summed E-state index contributed by atoms with van der Waals surface area (Å²) in [5, 5.41) is 5.52. The summed E-state index contributed by atoms with van der Waals surface area (Å²) in [6.45, 7) is 2.18. The number of hydrazone groups is 1. The van der Waals surface area contributed by atoms with Gasteiger partial charge in [0, 0.05) is 22.0 Å². The quantitative estimate of drug-likeness (QED) is 0.283. The average molecular weight is 527 g/mol. The largest absolute Gasteiger partial charge is 0.463 e. The van der Waals surface area contributed by atoms with Crippen LogP contribution in [0.1, 0.15) is 12.5 Å². The van der Waals surface area contributed by atoms with E-state index < -0.39 is 5.97 Å². The fraction of sp³-hybridized carbons (Fsp3) is 0.130. The van der Waals surface area contributed by atoms with Crippen LogP contribution in [0.15, 0.2) is 79.9 Å². The molecule has 1 aromatic heterocycles. The second kappa shape index (κ2) is 10.1. The normalized spacial score (nSPS) is 16.1. The van der Waals surface area contributed by atoms with E-state index in [9.17, 15) is 14.4 Å². The van der Waals surface area contributed by atoms with Crippen molar-refractivity contribution in [1.82, 2.24) is 9.88 Å². The summed E-state index contributed by atoms with van der Waals surface area (Å²) in [5.41, 5.74) is 4.67. The Morgan fingerprint density at radius 3 is 2.76 bits per heavy atom. The van der Waals surface area contributed by atoms with Crippen molar-refractivity contribution in [3.63, 3.8) is 0 Å². The number of benzene rings is 2. The van der Waals surface area contributed by atoms with E-state index in [-0.39, 0.29) is 29.5 Å². The Morgan fingerprint density at radius 2 is 2.00 bits per heavy atom. The van der Waals surface area contributed by atoms with Crippen molar-refractivity contribution in [2.24, 2.45) is 5.10 Å². The minimum Gasteiger partial charge on any atom is -0.463 e. The van der Waals surface area contributed by atoms with Crippen LogP contribution in [0.25, 0.3) is 10.9 Å². The lowest BCUT2D eigenvalue weighted by molar-refractivity contribution is -0.137. The van der Waals surface area contributed by atoms with Crippen molar-refractivity contribution in [3.05, 3.63) is 86.0 Å². The number of nitrogens with one attached hydrogen (secondary N) is 2. The SMILES string of the molecule is CCOC(=O)/C=C1\S/C(=N\Nc2cc(=O)[nH]c3ccc(Br)cc23)N(Cc2ccccc2)C1=O. The summed E-state index contributed by atoms with van der Waals surface area (Å²) < 4.78 is 5.79. The Bertz CT molecular complexity index is 1340. The predicted molar refractivity (Wildman–Crippen MR) is 133 cm³/mol. The minimum absolute atomic E-state index is 0.211. The lowest BCUT2D eigenvalue weighted by atomic mass is 10.2. The first-order chi connectivity index (χ1) is 15.9. The van der Waals surface area contributed by atoms with Crippen LogP contribution in [0.2, 0.25) is 0 Å². The number of fused-ring (bicyclic) bond motifs is 1. The monoisotopic (exact) mass is 526 g/mol. The molecule has 168 valence electrons. The Balaban J connectivity index is 1.69. The Labute approximate surface area is 201 Å². The van der Waals surface area contributed by atoms with Crippen molar-refractivity contribution in [3.8, 4) is 0 Å². The lowest BCUT2D eigenvalue weighted by Gasteiger charge is -2.16. The number of halogens is 1. The van der Waals surface area contributed by atoms with Gasteiger partial charge >= 0.3 is 5.97 Å². The van der Waals surface area contributed by atoms with E-state index in [0.717, 1.165) is 27.2 Å². The van der Waals surface area contributed by atoms with Gasteiger partial charge in [-0.05, 0) is 42.4 Å². The van der Waals surface area contributed by atoms with E-state index >= 15 is 0 Å². The molecule has 0 aliphatic carbocycles. The molecular weight excluding hydrogens is 508 g/mol. The molecule has 0 spiro atoms. The zero-order valence-electron chi connectivity index (χ0n) is 17.5. The van der Waals surface area contributed by atoms with Crippen molar-refractivity contribution >= 4 is 61.3 Å². The Kier molecular flexibility index (Phi) is 6.95. The number of aromatic nitrogens is 1. The number of amidine groups is 1. The van der Waals surface area contributed by atoms with Gasteiger partial charge in [0.1, 0.15) is 0 Å². The molecule has 0 bridgehead atoms. The maximum atomic E-state index is 13.0. The molecule has 1 fully saturated rings. The average Bonchev–Trinajstić information content (AvgIpc) is 3.07. The highest BCUT2D eigenvalue weighted by Crippen LogP contribution is 2.33. The van der Waals surface area contributed by atoms with Crippen LogP contribution in [0.3, 0.4) is 0 Å². The van der Waals surface area contributed by atoms with E-state index in [2.05, 4.69) is 31.4 Å². The zero-order valence-corrected chi connectivity index (χ0v) is 19.9. The van der Waals surface area contributed by atoms with E-state index in [1.807, 2.05) is 42.5 Å². The third-order valence-corrected chi connectivity index (χ3v) is 6.18. The van der Waals surface area contributed by atoms with Crippen molar-refractivity contribution < 1.29 is 14.3 Å². The number of ether oxygens (including phenoxy) is 1. The smallest absolute Gasteiger partial charge is 0.332 e. The van der Waals surface area contributed by atoms with Crippen LogP contribution in [0.4, 0.5) is 5.69 Å². The molecule has 0 radical (unpaired) electrons. The molecule has 1 amide bonds. The second-order valence-electron chi connectivity index (χ2n) is 6.98. The molecule has 0 saturated carbocycles. The van der Waals surface area contributed by atoms with E-state index in [1.54, 1.807) is 13.0 Å². The lowest BCUT2D eigenvalue weighted by Crippen LogP contribution is -2.29. The van der Waals surface area contributed by atoms with Crippen LogP contribution in [-0.4, -0.2) is 33.5 Å². The van der Waals surface area contributed by atoms with Crippen LogP contribution >= 0.6 is 27.7 Å². The third kappa shape index (κ3) is 5.35. The standard InChI is InChI=1S/C23H19BrN4O4S/c1-2-32-21(30)12-19-22(31)28(13-14-6-4-3-5-7-14)23(33-19)27-26-18-11-20(29)25-17-9-8-15(24)10-16(17)18/h3-12H,2,13H2,1H3,(H2,25,26,29)/b19-12-,27-23-. The highest BCUT2D eigenvalue weighted by molar-refractivity contribution is 9.10. The summed E-state index contributed by atoms with van der Waals surface area (Å²) in [7, 11) is 0. The van der Waals surface area contributed by atoms with Crippen LogP contribution < -0.4 is 11.0 Å². The first-order valence-corrected chi connectivity index (χ1v) is 11.6. The number of rotatable bonds is 6. The maximum Gasteiger partial charge on any atom is 0.332 e. The molecule has 1 aliphatic rings. The molecule has 0 unspecified atom stereocenters. The summed E-state index contributed by atoms with van der Waals surface area (Å²) in [6, 6.07) is 16.3. The van der Waals surface area contributed by atoms with Gasteiger partial charge in [-0.15, -0.1) is 5.10 Å². The second-order valence-corrected chi connectivity index (χ2v) is 8.91. The van der Waals surface area contributed by atoms with Gasteiger partial charge in [0.25, 0.3) is 11.5 Å². The zero-order chi connectivity index (χ0) is 23.4. The molecule has 2 heterocycles. The molecular formula is C23H19BrN4O4S. The van der Waals surface area contributed by atoms with Gasteiger partial charge in [-0.2, -0.15) is 0 Å². The molecule has 2 N–H and O–H groups in total. The van der Waals surface area contributed by atoms with Crippen LogP contribution in [0.5, 0.6) is 0 Å². The van der Waals surface area contributed by atoms with Gasteiger partial charge < -0.3 is 9.72 Å². The predicted octanol–water partition coefficient (Wildman–Crippen LogP) is 4.20. The number of carbonyl (C=O) groups excluding carboxylic acids is 2. The van der Waals surface area contributed by atoms with Gasteiger partial charge in [-0.25, -0.2) is 4.79 Å². The molecule has 4 rings (SSSR count). The molecule has 1 aliphatic heterocycles.